The molecule has 0 fully saturated rings. The summed E-state index contributed by atoms with van der Waals surface area (Å²) in [7, 11) is 0. The second kappa shape index (κ2) is 8.32. The van der Waals surface area contributed by atoms with E-state index in [0.29, 0.717) is 0 Å². The zero-order valence-electron chi connectivity index (χ0n) is 9.68. The molecule has 0 saturated heterocycles. The second-order valence-corrected chi connectivity index (χ2v) is 12.6. The van der Waals surface area contributed by atoms with Crippen LogP contribution in [0, 0.1) is 0 Å². The molecule has 1 unspecified atom stereocenters. The van der Waals surface area contributed by atoms with Gasteiger partial charge in [0.15, 0.2) is 0 Å². The Bertz CT molecular complexity index is 632. The molecule has 0 spiro atoms. The van der Waals surface area contributed by atoms with Crippen LogP contribution in [-0.2, 0) is 3.02 Å². The van der Waals surface area contributed by atoms with Gasteiger partial charge in [-0.2, -0.15) is 0 Å². The predicted molar refractivity (Wildman–Crippen MR) is 102 cm³/mol. The molecule has 8 heteroatoms. The fourth-order valence-electron chi connectivity index (χ4n) is 1.54. The van der Waals surface area contributed by atoms with Gasteiger partial charge >= 0.3 is 163 Å². The minimum absolute atomic E-state index is 0. The van der Waals surface area contributed by atoms with Gasteiger partial charge in [0.1, 0.15) is 0 Å². The van der Waals surface area contributed by atoms with Crippen LogP contribution < -0.4 is 7.02 Å². The Labute approximate surface area is 166 Å². The molecule has 0 aromatic heterocycles. The SMILES string of the molecule is O.[O]=[SbH]([c]1ccccc1)[c]1c(Br)c(Br)c(Br)c(Br)c1Br. The Morgan fingerprint density at radius 3 is 1.55 bits per heavy atom. The van der Waals surface area contributed by atoms with Gasteiger partial charge in [-0.3, -0.25) is 0 Å². The van der Waals surface area contributed by atoms with Crippen LogP contribution in [0.2, 0.25) is 0 Å². The third kappa shape index (κ3) is 3.84. The molecule has 0 amide bonds. The minimum atomic E-state index is -3.14. The van der Waals surface area contributed by atoms with Gasteiger partial charge in [-0.15, -0.1) is 0 Å². The molecule has 2 N–H and O–H groups in total. The van der Waals surface area contributed by atoms with E-state index in [1.807, 2.05) is 30.3 Å². The van der Waals surface area contributed by atoms with Crippen LogP contribution in [0.1, 0.15) is 0 Å². The molecular formula is C12H8Br5O2Sb. The number of halogens is 5. The van der Waals surface area contributed by atoms with Crippen molar-refractivity contribution < 1.29 is 8.49 Å². The van der Waals surface area contributed by atoms with E-state index < -0.39 is 20.2 Å². The quantitative estimate of drug-likeness (QED) is 0.266. The van der Waals surface area contributed by atoms with Crippen LogP contribution >= 0.6 is 79.6 Å². The summed E-state index contributed by atoms with van der Waals surface area (Å²) in [4.78, 5) is 0. The van der Waals surface area contributed by atoms with E-state index >= 15 is 0 Å². The molecule has 0 aliphatic heterocycles. The Morgan fingerprint density at radius 1 is 0.700 bits per heavy atom. The van der Waals surface area contributed by atoms with Crippen LogP contribution in [0.5, 0.6) is 0 Å². The molecule has 0 aliphatic rings. The van der Waals surface area contributed by atoms with Crippen LogP contribution in [0.15, 0.2) is 52.7 Å². The van der Waals surface area contributed by atoms with E-state index in [1.165, 1.54) is 0 Å². The summed E-state index contributed by atoms with van der Waals surface area (Å²) >= 11 is 14.4. The maximum absolute atomic E-state index is 12.9. The molecule has 0 bridgehead atoms. The molecule has 2 aromatic carbocycles. The monoisotopic (exact) mass is 700 g/mol. The molecule has 2 nitrogen and oxygen atoms in total. The van der Waals surface area contributed by atoms with E-state index in [0.717, 1.165) is 29.4 Å². The van der Waals surface area contributed by atoms with Crippen molar-refractivity contribution in [2.24, 2.45) is 0 Å². The van der Waals surface area contributed by atoms with Gasteiger partial charge in [0.05, 0.1) is 0 Å². The molecule has 20 heavy (non-hydrogen) atoms. The van der Waals surface area contributed by atoms with E-state index in [4.69, 9.17) is 0 Å². The normalized spacial score (nSPS) is 11.8. The zero-order valence-corrected chi connectivity index (χ0v) is 20.5. The molecule has 0 radical (unpaired) electrons. The van der Waals surface area contributed by atoms with Gasteiger partial charge in [0.2, 0.25) is 0 Å². The van der Waals surface area contributed by atoms with Gasteiger partial charge in [-0.25, -0.2) is 0 Å². The van der Waals surface area contributed by atoms with Gasteiger partial charge < -0.3 is 5.48 Å². The number of rotatable bonds is 2. The zero-order chi connectivity index (χ0) is 14.2. The van der Waals surface area contributed by atoms with E-state index in [1.54, 1.807) is 0 Å². The molecular weight excluding hydrogens is 697 g/mol. The summed E-state index contributed by atoms with van der Waals surface area (Å²) in [6, 6.07) is 9.60. The summed E-state index contributed by atoms with van der Waals surface area (Å²) in [6.07, 6.45) is 0. The topological polar surface area (TPSA) is 48.6 Å². The third-order valence-corrected chi connectivity index (χ3v) is 15.8. The fraction of sp³-hybridized carbons (Fsp3) is 0. The number of benzene rings is 2. The van der Waals surface area contributed by atoms with E-state index in [2.05, 4.69) is 79.6 Å². The van der Waals surface area contributed by atoms with E-state index in [9.17, 15) is 3.02 Å². The van der Waals surface area contributed by atoms with E-state index in [-0.39, 0.29) is 5.48 Å². The molecule has 0 saturated carbocycles. The Kier molecular flexibility index (Phi) is 8.10. The van der Waals surface area contributed by atoms with Crippen molar-refractivity contribution in [1.82, 2.24) is 0 Å². The van der Waals surface area contributed by atoms with Crippen molar-refractivity contribution in [2.75, 3.05) is 0 Å². The molecule has 1 atom stereocenters. The number of hydrogen-bond acceptors (Lipinski definition) is 1. The summed E-state index contributed by atoms with van der Waals surface area (Å²) in [6.45, 7) is 0. The fourth-order valence-corrected chi connectivity index (χ4v) is 12.1. The van der Waals surface area contributed by atoms with Gasteiger partial charge in [-0.05, 0) is 0 Å². The Balaban J connectivity index is 0.00000200. The van der Waals surface area contributed by atoms with Crippen LogP contribution in [0.3, 0.4) is 0 Å². The molecule has 108 valence electrons. The summed E-state index contributed by atoms with van der Waals surface area (Å²) in [5.74, 6) is 0. The Hall–Kier alpha value is 1.42. The molecule has 0 aliphatic carbocycles. The third-order valence-electron chi connectivity index (χ3n) is 2.47. The van der Waals surface area contributed by atoms with Crippen molar-refractivity contribution in [3.8, 4) is 0 Å². The number of hydrogen-bond donors (Lipinski definition) is 0. The van der Waals surface area contributed by atoms with Gasteiger partial charge in [0.25, 0.3) is 0 Å². The van der Waals surface area contributed by atoms with Crippen LogP contribution in [0.4, 0.5) is 0 Å². The van der Waals surface area contributed by atoms with Crippen molar-refractivity contribution in [1.29, 1.82) is 0 Å². The first-order valence-corrected chi connectivity index (χ1v) is 13.0. The van der Waals surface area contributed by atoms with Crippen LogP contribution in [0.25, 0.3) is 0 Å². The first-order chi connectivity index (χ1) is 8.95. The van der Waals surface area contributed by atoms with Gasteiger partial charge in [0, 0.05) is 0 Å². The maximum atomic E-state index is 12.9. The molecule has 2 rings (SSSR count). The summed E-state index contributed by atoms with van der Waals surface area (Å²) in [5.41, 5.74) is 0. The average Bonchev–Trinajstić information content (AvgIpc) is 2.44. The average molecular weight is 705 g/mol. The standard InChI is InChI=1S/C6Br5.C6H5.H2O.O.Sb.H/c7-2-1-3(8)5(10)6(11)4(2)9;1-2-4-6-5-3-1;;;;/h;1-5H;1H2;;;. The van der Waals surface area contributed by atoms with Crippen molar-refractivity contribution >= 4 is 107 Å². The van der Waals surface area contributed by atoms with Gasteiger partial charge in [-0.1, -0.05) is 0 Å². The van der Waals surface area contributed by atoms with Crippen molar-refractivity contribution in [3.05, 3.63) is 52.7 Å². The first kappa shape index (κ1) is 19.5. The van der Waals surface area contributed by atoms with Crippen molar-refractivity contribution in [3.63, 3.8) is 0 Å². The predicted octanol–water partition coefficient (Wildman–Crippen LogP) is 3.94. The Morgan fingerprint density at radius 2 is 1.10 bits per heavy atom. The summed E-state index contributed by atoms with van der Waals surface area (Å²) < 4.78 is 18.9. The van der Waals surface area contributed by atoms with Crippen molar-refractivity contribution in [2.45, 2.75) is 0 Å². The molecule has 2 aromatic rings. The summed E-state index contributed by atoms with van der Waals surface area (Å²) in [5, 5.41) is 0. The van der Waals surface area contributed by atoms with Crippen LogP contribution in [-0.4, -0.2) is 25.7 Å². The second-order valence-electron chi connectivity index (χ2n) is 3.64. The first-order valence-electron chi connectivity index (χ1n) is 5.06. The molecule has 0 heterocycles.